The van der Waals surface area contributed by atoms with Crippen LogP contribution in [0.5, 0.6) is 0 Å². The van der Waals surface area contributed by atoms with Crippen molar-refractivity contribution in [1.29, 1.82) is 0 Å². The lowest BCUT2D eigenvalue weighted by Crippen LogP contribution is -2.29. The zero-order valence-electron chi connectivity index (χ0n) is 13.1. The zero-order chi connectivity index (χ0) is 18.3. The van der Waals surface area contributed by atoms with Crippen molar-refractivity contribution >= 4 is 79.8 Å². The molecule has 2 fully saturated rings. The molecule has 2 heterocycles. The predicted molar refractivity (Wildman–Crippen MR) is 115 cm³/mol. The fourth-order valence-corrected chi connectivity index (χ4v) is 5.36. The molecule has 0 aliphatic carbocycles. The van der Waals surface area contributed by atoms with Crippen LogP contribution in [-0.4, -0.2) is 20.5 Å². The summed E-state index contributed by atoms with van der Waals surface area (Å²) < 4.78 is 0.808. The average Bonchev–Trinajstić information content (AvgIpc) is 3.11. The molecule has 2 aliphatic rings. The molecule has 0 saturated carbocycles. The molecule has 0 aromatic heterocycles. The van der Waals surface area contributed by atoms with E-state index >= 15 is 0 Å². The predicted octanol–water partition coefficient (Wildman–Crippen LogP) is 4.33. The number of amides is 2. The van der Waals surface area contributed by atoms with Crippen molar-refractivity contribution in [3.63, 3.8) is 0 Å². The maximum absolute atomic E-state index is 12.9. The van der Waals surface area contributed by atoms with E-state index in [1.165, 1.54) is 9.80 Å². The lowest BCUT2D eigenvalue weighted by Gasteiger charge is -2.14. The number of anilines is 2. The van der Waals surface area contributed by atoms with Gasteiger partial charge in [-0.25, -0.2) is 0 Å². The van der Waals surface area contributed by atoms with Crippen molar-refractivity contribution in [2.24, 2.45) is 0 Å². The highest BCUT2D eigenvalue weighted by atomic mass is 32.2. The van der Waals surface area contributed by atoms with Gasteiger partial charge >= 0.3 is 0 Å². The summed E-state index contributed by atoms with van der Waals surface area (Å²) in [7, 11) is 0. The highest BCUT2D eigenvalue weighted by Gasteiger charge is 2.42. The summed E-state index contributed by atoms with van der Waals surface area (Å²) in [5.74, 6) is -0.584. The fourth-order valence-electron chi connectivity index (χ4n) is 2.61. The first kappa shape index (κ1) is 17.4. The molecule has 0 unspecified atom stereocenters. The van der Waals surface area contributed by atoms with Gasteiger partial charge in [0.2, 0.25) is 0 Å². The number of thiocarbonyl (C=S) groups is 2. The van der Waals surface area contributed by atoms with Gasteiger partial charge in [0.25, 0.3) is 11.8 Å². The van der Waals surface area contributed by atoms with Crippen molar-refractivity contribution < 1.29 is 9.59 Å². The van der Waals surface area contributed by atoms with Gasteiger partial charge < -0.3 is 0 Å². The Bertz CT molecular complexity index is 894. The van der Waals surface area contributed by atoms with Crippen LogP contribution in [0.15, 0.2) is 70.5 Å². The van der Waals surface area contributed by atoms with Gasteiger partial charge in [-0.1, -0.05) is 84.4 Å². The van der Waals surface area contributed by atoms with Gasteiger partial charge in [0.15, 0.2) is 8.64 Å². The van der Waals surface area contributed by atoms with E-state index in [-0.39, 0.29) is 11.8 Å². The van der Waals surface area contributed by atoms with Crippen LogP contribution in [0, 0.1) is 0 Å². The zero-order valence-corrected chi connectivity index (χ0v) is 16.4. The van der Waals surface area contributed by atoms with Gasteiger partial charge in [-0.05, 0) is 24.3 Å². The van der Waals surface area contributed by atoms with Crippen LogP contribution in [0.1, 0.15) is 0 Å². The normalized spacial score (nSPS) is 20.5. The number of carbonyl (C=O) groups excluding carboxylic acids is 2. The lowest BCUT2D eigenvalue weighted by atomic mass is 10.2. The van der Waals surface area contributed by atoms with E-state index in [0.29, 0.717) is 29.8 Å². The lowest BCUT2D eigenvalue weighted by molar-refractivity contribution is -0.115. The highest BCUT2D eigenvalue weighted by molar-refractivity contribution is 8.30. The Morgan fingerprint density at radius 1 is 0.615 bits per heavy atom. The summed E-state index contributed by atoms with van der Waals surface area (Å²) in [6.45, 7) is 0. The molecule has 0 bridgehead atoms. The second kappa shape index (κ2) is 6.96. The molecule has 26 heavy (non-hydrogen) atoms. The minimum atomic E-state index is -0.292. The molecule has 0 atom stereocenters. The summed E-state index contributed by atoms with van der Waals surface area (Å²) in [5.41, 5.74) is 1.37. The first-order valence-electron chi connectivity index (χ1n) is 7.55. The van der Waals surface area contributed by atoms with Crippen LogP contribution in [-0.2, 0) is 9.59 Å². The minimum Gasteiger partial charge on any atom is -0.268 e. The minimum absolute atomic E-state index is 0.292. The van der Waals surface area contributed by atoms with Crippen molar-refractivity contribution in [2.75, 3.05) is 9.80 Å². The van der Waals surface area contributed by atoms with Gasteiger partial charge in [-0.2, -0.15) is 0 Å². The second-order valence-corrected chi connectivity index (χ2v) is 8.63. The standard InChI is InChI=1S/C18H10N2O2S4/c21-15-13(25-17(23)19(15)11-7-3-1-4-8-11)14-16(22)20(18(24)26-14)12-9-5-2-6-10-12/h1-10H/b14-13+. The van der Waals surface area contributed by atoms with E-state index in [0.717, 1.165) is 23.5 Å². The SMILES string of the molecule is O=C1/C(=C2\SC(=S)N(c3ccccc3)C2=O)SC(=S)N1c1ccccc1. The van der Waals surface area contributed by atoms with Crippen LogP contribution in [0.4, 0.5) is 11.4 Å². The quantitative estimate of drug-likeness (QED) is 0.538. The third-order valence-corrected chi connectivity index (χ3v) is 6.65. The Hall–Kier alpha value is -2.00. The molecule has 2 saturated heterocycles. The first-order valence-corrected chi connectivity index (χ1v) is 10.00. The van der Waals surface area contributed by atoms with Gasteiger partial charge in [0.1, 0.15) is 0 Å². The Labute approximate surface area is 169 Å². The number of benzene rings is 2. The number of nitrogens with zero attached hydrogens (tertiary/aromatic N) is 2. The van der Waals surface area contributed by atoms with E-state index in [4.69, 9.17) is 24.4 Å². The smallest absolute Gasteiger partial charge is 0.268 e. The Kier molecular flexibility index (Phi) is 4.66. The molecular weight excluding hydrogens is 404 g/mol. The number of carbonyl (C=O) groups is 2. The first-order chi connectivity index (χ1) is 12.6. The topological polar surface area (TPSA) is 40.6 Å². The summed E-state index contributed by atoms with van der Waals surface area (Å²) >= 11 is 13.0. The molecule has 2 aromatic rings. The largest absolute Gasteiger partial charge is 0.272 e. The van der Waals surface area contributed by atoms with Gasteiger partial charge in [0.05, 0.1) is 21.2 Å². The molecule has 0 radical (unpaired) electrons. The number of hydrogen-bond donors (Lipinski definition) is 0. The third-order valence-electron chi connectivity index (χ3n) is 3.77. The number of para-hydroxylation sites is 2. The molecule has 0 spiro atoms. The summed E-state index contributed by atoms with van der Waals surface area (Å²) in [6.07, 6.45) is 0. The van der Waals surface area contributed by atoms with Gasteiger partial charge in [-0.15, -0.1) is 0 Å². The van der Waals surface area contributed by atoms with Crippen LogP contribution >= 0.6 is 48.0 Å². The van der Waals surface area contributed by atoms with Gasteiger partial charge in [-0.3, -0.25) is 19.4 Å². The highest BCUT2D eigenvalue weighted by Crippen LogP contribution is 2.44. The summed E-state index contributed by atoms with van der Waals surface area (Å²) in [4.78, 5) is 29.4. The fraction of sp³-hybridized carbons (Fsp3) is 0. The third kappa shape index (κ3) is 2.88. The van der Waals surface area contributed by atoms with E-state index in [1.54, 1.807) is 0 Å². The maximum Gasteiger partial charge on any atom is 0.272 e. The number of rotatable bonds is 2. The van der Waals surface area contributed by atoms with E-state index < -0.39 is 0 Å². The van der Waals surface area contributed by atoms with E-state index in [1.807, 2.05) is 60.7 Å². The summed E-state index contributed by atoms with van der Waals surface area (Å²) in [5, 5.41) is 0. The Balaban J connectivity index is 1.72. The Morgan fingerprint density at radius 2 is 0.962 bits per heavy atom. The number of hydrogen-bond acceptors (Lipinski definition) is 6. The molecular formula is C18H10N2O2S4. The van der Waals surface area contributed by atoms with Crippen LogP contribution in [0.3, 0.4) is 0 Å². The molecule has 128 valence electrons. The van der Waals surface area contributed by atoms with Crippen molar-refractivity contribution in [3.05, 3.63) is 70.5 Å². The molecule has 2 aromatic carbocycles. The second-order valence-electron chi connectivity index (χ2n) is 5.35. The summed E-state index contributed by atoms with van der Waals surface area (Å²) in [6, 6.07) is 18.3. The molecule has 8 heteroatoms. The molecule has 2 aliphatic heterocycles. The van der Waals surface area contributed by atoms with Crippen molar-refractivity contribution in [1.82, 2.24) is 0 Å². The van der Waals surface area contributed by atoms with Gasteiger partial charge in [0, 0.05) is 0 Å². The monoisotopic (exact) mass is 414 g/mol. The van der Waals surface area contributed by atoms with Crippen LogP contribution in [0.2, 0.25) is 0 Å². The van der Waals surface area contributed by atoms with Crippen LogP contribution in [0.25, 0.3) is 0 Å². The average molecular weight is 415 g/mol. The molecule has 0 N–H and O–H groups in total. The van der Waals surface area contributed by atoms with Crippen LogP contribution < -0.4 is 9.80 Å². The van der Waals surface area contributed by atoms with E-state index in [9.17, 15) is 9.59 Å². The van der Waals surface area contributed by atoms with Crippen molar-refractivity contribution in [3.8, 4) is 0 Å². The molecule has 4 nitrogen and oxygen atoms in total. The van der Waals surface area contributed by atoms with E-state index in [2.05, 4.69) is 0 Å². The van der Waals surface area contributed by atoms with Crippen molar-refractivity contribution in [2.45, 2.75) is 0 Å². The maximum atomic E-state index is 12.9. The molecule has 4 rings (SSSR count). The molecule has 2 amide bonds. The number of thioether (sulfide) groups is 2. The Morgan fingerprint density at radius 3 is 1.31 bits per heavy atom.